The van der Waals surface area contributed by atoms with Gasteiger partial charge in [0.1, 0.15) is 11.3 Å². The summed E-state index contributed by atoms with van der Waals surface area (Å²) in [5.41, 5.74) is 1.81. The SMILES string of the molecule is Cc1ccc(C(C)C)c2c(O)cc(=O)oc12. The van der Waals surface area contributed by atoms with E-state index >= 15 is 0 Å². The van der Waals surface area contributed by atoms with Crippen molar-refractivity contribution in [3.05, 3.63) is 39.7 Å². The van der Waals surface area contributed by atoms with Crippen molar-refractivity contribution in [2.24, 2.45) is 0 Å². The molecule has 0 unspecified atom stereocenters. The van der Waals surface area contributed by atoms with Gasteiger partial charge in [0.05, 0.1) is 11.5 Å². The Morgan fingerprint density at radius 2 is 2.00 bits per heavy atom. The van der Waals surface area contributed by atoms with E-state index in [1.165, 1.54) is 0 Å². The maximum atomic E-state index is 11.2. The normalized spacial score (nSPS) is 11.2. The molecule has 84 valence electrons. The second kappa shape index (κ2) is 3.67. The van der Waals surface area contributed by atoms with Crippen LogP contribution in [0.15, 0.2) is 27.4 Å². The highest BCUT2D eigenvalue weighted by Crippen LogP contribution is 2.32. The zero-order chi connectivity index (χ0) is 11.9. The lowest BCUT2D eigenvalue weighted by molar-refractivity contribution is 0.467. The third kappa shape index (κ3) is 1.58. The average molecular weight is 218 g/mol. The highest BCUT2D eigenvalue weighted by Gasteiger charge is 2.13. The van der Waals surface area contributed by atoms with Gasteiger partial charge in [0.15, 0.2) is 0 Å². The van der Waals surface area contributed by atoms with E-state index in [-0.39, 0.29) is 11.7 Å². The van der Waals surface area contributed by atoms with E-state index in [1.54, 1.807) is 0 Å². The zero-order valence-electron chi connectivity index (χ0n) is 9.57. The molecular formula is C13H14O3. The number of aryl methyl sites for hydroxylation is 1. The lowest BCUT2D eigenvalue weighted by Gasteiger charge is -2.11. The third-order valence-electron chi connectivity index (χ3n) is 2.72. The van der Waals surface area contributed by atoms with Crippen LogP contribution in [-0.2, 0) is 0 Å². The molecule has 0 fully saturated rings. The molecule has 0 atom stereocenters. The molecule has 0 spiro atoms. The fraction of sp³-hybridized carbons (Fsp3) is 0.308. The smallest absolute Gasteiger partial charge is 0.339 e. The highest BCUT2D eigenvalue weighted by atomic mass is 16.4. The van der Waals surface area contributed by atoms with Crippen LogP contribution in [-0.4, -0.2) is 5.11 Å². The van der Waals surface area contributed by atoms with Gasteiger partial charge in [-0.1, -0.05) is 26.0 Å². The number of benzene rings is 1. The van der Waals surface area contributed by atoms with Gasteiger partial charge in [0.2, 0.25) is 0 Å². The van der Waals surface area contributed by atoms with E-state index in [1.807, 2.05) is 32.9 Å². The van der Waals surface area contributed by atoms with E-state index in [4.69, 9.17) is 4.42 Å². The molecule has 1 N–H and O–H groups in total. The molecular weight excluding hydrogens is 204 g/mol. The van der Waals surface area contributed by atoms with Gasteiger partial charge >= 0.3 is 5.63 Å². The molecule has 0 amide bonds. The first kappa shape index (κ1) is 10.7. The maximum Gasteiger partial charge on any atom is 0.339 e. The quantitative estimate of drug-likeness (QED) is 0.749. The first-order valence-electron chi connectivity index (χ1n) is 5.27. The molecule has 0 radical (unpaired) electrons. The predicted molar refractivity (Wildman–Crippen MR) is 63.0 cm³/mol. The summed E-state index contributed by atoms with van der Waals surface area (Å²) in [6.45, 7) is 5.93. The van der Waals surface area contributed by atoms with Crippen molar-refractivity contribution in [2.75, 3.05) is 0 Å². The molecule has 16 heavy (non-hydrogen) atoms. The number of aromatic hydroxyl groups is 1. The van der Waals surface area contributed by atoms with Gasteiger partial charge in [-0.25, -0.2) is 4.79 Å². The van der Waals surface area contributed by atoms with Crippen molar-refractivity contribution in [3.63, 3.8) is 0 Å². The molecule has 0 bridgehead atoms. The van der Waals surface area contributed by atoms with Crippen LogP contribution in [0.3, 0.4) is 0 Å². The predicted octanol–water partition coefficient (Wildman–Crippen LogP) is 2.93. The van der Waals surface area contributed by atoms with Crippen LogP contribution < -0.4 is 5.63 Å². The van der Waals surface area contributed by atoms with Crippen molar-refractivity contribution < 1.29 is 9.52 Å². The Morgan fingerprint density at radius 1 is 1.31 bits per heavy atom. The Labute approximate surface area is 93.3 Å². The van der Waals surface area contributed by atoms with E-state index in [0.29, 0.717) is 11.0 Å². The van der Waals surface area contributed by atoms with Gasteiger partial charge in [0.25, 0.3) is 0 Å². The molecule has 1 aromatic carbocycles. The summed E-state index contributed by atoms with van der Waals surface area (Å²) in [5, 5.41) is 10.5. The number of rotatable bonds is 1. The van der Waals surface area contributed by atoms with Crippen LogP contribution in [0.25, 0.3) is 11.0 Å². The molecule has 1 heterocycles. The summed E-state index contributed by atoms with van der Waals surface area (Å²) in [6, 6.07) is 4.98. The molecule has 0 saturated heterocycles. The highest BCUT2D eigenvalue weighted by molar-refractivity contribution is 5.89. The lowest BCUT2D eigenvalue weighted by atomic mass is 9.96. The van der Waals surface area contributed by atoms with Crippen molar-refractivity contribution >= 4 is 11.0 Å². The van der Waals surface area contributed by atoms with E-state index in [9.17, 15) is 9.90 Å². The molecule has 2 aromatic rings. The van der Waals surface area contributed by atoms with Crippen LogP contribution in [0.4, 0.5) is 0 Å². The van der Waals surface area contributed by atoms with Crippen LogP contribution in [0.5, 0.6) is 5.75 Å². The van der Waals surface area contributed by atoms with Gasteiger partial charge in [-0.3, -0.25) is 0 Å². The minimum atomic E-state index is -0.519. The fourth-order valence-electron chi connectivity index (χ4n) is 1.89. The number of fused-ring (bicyclic) bond motifs is 1. The Morgan fingerprint density at radius 3 is 2.62 bits per heavy atom. The first-order chi connectivity index (χ1) is 7.50. The van der Waals surface area contributed by atoms with Gasteiger partial charge < -0.3 is 9.52 Å². The molecule has 1 aromatic heterocycles. The van der Waals surface area contributed by atoms with Gasteiger partial charge in [-0.15, -0.1) is 0 Å². The van der Waals surface area contributed by atoms with Crippen LogP contribution in [0.1, 0.15) is 30.9 Å². The Kier molecular flexibility index (Phi) is 2.46. The Hall–Kier alpha value is -1.77. The zero-order valence-corrected chi connectivity index (χ0v) is 9.57. The number of hydrogen-bond acceptors (Lipinski definition) is 3. The van der Waals surface area contributed by atoms with E-state index in [2.05, 4.69) is 0 Å². The fourth-order valence-corrected chi connectivity index (χ4v) is 1.89. The van der Waals surface area contributed by atoms with Crippen LogP contribution >= 0.6 is 0 Å². The molecule has 0 aliphatic carbocycles. The maximum absolute atomic E-state index is 11.2. The summed E-state index contributed by atoms with van der Waals surface area (Å²) < 4.78 is 5.15. The third-order valence-corrected chi connectivity index (χ3v) is 2.72. The van der Waals surface area contributed by atoms with Crippen molar-refractivity contribution in [1.29, 1.82) is 0 Å². The standard InChI is InChI=1S/C13H14O3/c1-7(2)9-5-4-8(3)13-12(9)10(14)6-11(15)16-13/h4-7,14H,1-3H3. The second-order valence-corrected chi connectivity index (χ2v) is 4.28. The van der Waals surface area contributed by atoms with Crippen LogP contribution in [0.2, 0.25) is 0 Å². The average Bonchev–Trinajstić information content (AvgIpc) is 2.19. The molecule has 2 rings (SSSR count). The first-order valence-corrected chi connectivity index (χ1v) is 5.27. The summed E-state index contributed by atoms with van der Waals surface area (Å²) in [4.78, 5) is 11.2. The molecule has 0 saturated carbocycles. The molecule has 3 nitrogen and oxygen atoms in total. The Balaban J connectivity index is 2.98. The summed E-state index contributed by atoms with van der Waals surface area (Å²) in [7, 11) is 0. The second-order valence-electron chi connectivity index (χ2n) is 4.28. The summed E-state index contributed by atoms with van der Waals surface area (Å²) in [5.74, 6) is 0.264. The van der Waals surface area contributed by atoms with Gasteiger partial charge in [-0.2, -0.15) is 0 Å². The Bertz CT molecular complexity index is 594. The van der Waals surface area contributed by atoms with Crippen molar-refractivity contribution in [1.82, 2.24) is 0 Å². The van der Waals surface area contributed by atoms with E-state index in [0.717, 1.165) is 17.2 Å². The minimum absolute atomic E-state index is 0.00125. The lowest BCUT2D eigenvalue weighted by Crippen LogP contribution is -1.99. The minimum Gasteiger partial charge on any atom is -0.507 e. The molecule has 0 aliphatic heterocycles. The molecule has 3 heteroatoms. The molecule has 0 aliphatic rings. The van der Waals surface area contributed by atoms with Crippen molar-refractivity contribution in [3.8, 4) is 5.75 Å². The van der Waals surface area contributed by atoms with Gasteiger partial charge in [-0.05, 0) is 24.0 Å². The summed E-state index contributed by atoms with van der Waals surface area (Å²) in [6.07, 6.45) is 0. The van der Waals surface area contributed by atoms with Gasteiger partial charge in [0, 0.05) is 0 Å². The van der Waals surface area contributed by atoms with Crippen molar-refractivity contribution in [2.45, 2.75) is 26.7 Å². The topological polar surface area (TPSA) is 50.4 Å². The summed E-state index contributed by atoms with van der Waals surface area (Å²) >= 11 is 0. The number of hydrogen-bond donors (Lipinski definition) is 1. The van der Waals surface area contributed by atoms with E-state index < -0.39 is 5.63 Å². The largest absolute Gasteiger partial charge is 0.507 e. The van der Waals surface area contributed by atoms with Crippen LogP contribution in [0, 0.1) is 6.92 Å². The monoisotopic (exact) mass is 218 g/mol.